The van der Waals surface area contributed by atoms with Crippen molar-refractivity contribution in [2.75, 3.05) is 46.1 Å². The maximum absolute atomic E-state index is 6.01. The number of unbranched alkanes of at least 4 members (excludes halogenated alkanes) is 1. The molecule has 3 fully saturated rings. The molecule has 3 aliphatic rings. The number of hydrogen-bond donors (Lipinski definition) is 2. The second kappa shape index (κ2) is 11.8. The van der Waals surface area contributed by atoms with Gasteiger partial charge in [-0.05, 0) is 32.6 Å². The molecule has 6 nitrogen and oxygen atoms in total. The number of nitrogens with one attached hydrogen (secondary N) is 2. The lowest BCUT2D eigenvalue weighted by Gasteiger charge is -2.63. The summed E-state index contributed by atoms with van der Waals surface area (Å²) in [5, 5.41) is 7.11. The van der Waals surface area contributed by atoms with Gasteiger partial charge in [0, 0.05) is 37.1 Å². The highest BCUT2D eigenvalue weighted by Gasteiger charge is 2.66. The van der Waals surface area contributed by atoms with Crippen molar-refractivity contribution < 1.29 is 14.2 Å². The Bertz CT molecular complexity index is 460. The van der Waals surface area contributed by atoms with Gasteiger partial charge in [0.2, 0.25) is 0 Å². The molecule has 2 N–H and O–H groups in total. The van der Waals surface area contributed by atoms with E-state index in [1.165, 1.54) is 32.1 Å². The molecule has 0 aromatic carbocycles. The van der Waals surface area contributed by atoms with Crippen LogP contribution in [0.1, 0.15) is 52.4 Å². The third kappa shape index (κ3) is 5.48. The van der Waals surface area contributed by atoms with Crippen LogP contribution in [0, 0.1) is 11.3 Å². The Morgan fingerprint density at radius 3 is 2.59 bits per heavy atom. The molecule has 0 amide bonds. The zero-order valence-electron chi connectivity index (χ0n) is 17.0. The van der Waals surface area contributed by atoms with Crippen molar-refractivity contribution in [3.63, 3.8) is 0 Å². The molecule has 1 aliphatic heterocycles. The standard InChI is InChI=1S/C20H37N3O3.HI/c1-3-5-11-24-14-15-25-13-10-22-19(21-4-2)23-17-16-7-12-26-18(16)20(17)8-6-9-20;/h16-18H,3-15H2,1-2H3,(H2,21,22,23);1H. The average Bonchev–Trinajstić information content (AvgIpc) is 3.01. The van der Waals surface area contributed by atoms with Gasteiger partial charge in [-0.25, -0.2) is 0 Å². The van der Waals surface area contributed by atoms with E-state index >= 15 is 0 Å². The van der Waals surface area contributed by atoms with Crippen molar-refractivity contribution >= 4 is 29.9 Å². The largest absolute Gasteiger partial charge is 0.379 e. The molecule has 3 atom stereocenters. The van der Waals surface area contributed by atoms with E-state index in [0.29, 0.717) is 49.8 Å². The van der Waals surface area contributed by atoms with Crippen LogP contribution in [0.5, 0.6) is 0 Å². The predicted octanol–water partition coefficient (Wildman–Crippen LogP) is 2.95. The van der Waals surface area contributed by atoms with E-state index in [1.807, 2.05) is 0 Å². The van der Waals surface area contributed by atoms with Crippen molar-refractivity contribution in [3.05, 3.63) is 0 Å². The van der Waals surface area contributed by atoms with Crippen molar-refractivity contribution in [2.24, 2.45) is 16.3 Å². The molecule has 0 aromatic heterocycles. The van der Waals surface area contributed by atoms with E-state index in [4.69, 9.17) is 19.2 Å². The van der Waals surface area contributed by atoms with Crippen molar-refractivity contribution in [2.45, 2.75) is 64.5 Å². The van der Waals surface area contributed by atoms with Gasteiger partial charge in [-0.15, -0.1) is 24.0 Å². The second-order valence-corrected chi connectivity index (χ2v) is 7.79. The first kappa shape index (κ1) is 23.2. The van der Waals surface area contributed by atoms with Crippen LogP contribution in [-0.4, -0.2) is 64.2 Å². The van der Waals surface area contributed by atoms with Gasteiger partial charge in [-0.1, -0.05) is 19.8 Å². The second-order valence-electron chi connectivity index (χ2n) is 7.79. The highest BCUT2D eigenvalue weighted by Crippen LogP contribution is 2.62. The molecule has 158 valence electrons. The van der Waals surface area contributed by atoms with Gasteiger partial charge in [0.15, 0.2) is 5.96 Å². The quantitative estimate of drug-likeness (QED) is 0.200. The lowest BCUT2D eigenvalue weighted by molar-refractivity contribution is -0.171. The minimum absolute atomic E-state index is 0. The maximum atomic E-state index is 6.01. The van der Waals surface area contributed by atoms with Gasteiger partial charge in [0.25, 0.3) is 0 Å². The summed E-state index contributed by atoms with van der Waals surface area (Å²) >= 11 is 0. The van der Waals surface area contributed by atoms with Crippen LogP contribution in [-0.2, 0) is 14.2 Å². The number of hydrogen-bond acceptors (Lipinski definition) is 4. The monoisotopic (exact) mass is 495 g/mol. The summed E-state index contributed by atoms with van der Waals surface area (Å²) < 4.78 is 17.1. The Hall–Kier alpha value is -0.120. The molecule has 27 heavy (non-hydrogen) atoms. The van der Waals surface area contributed by atoms with E-state index in [9.17, 15) is 0 Å². The lowest BCUT2D eigenvalue weighted by atomic mass is 9.46. The van der Waals surface area contributed by atoms with Gasteiger partial charge in [-0.3, -0.25) is 4.99 Å². The molecule has 3 rings (SSSR count). The van der Waals surface area contributed by atoms with E-state index in [1.54, 1.807) is 0 Å². The summed E-state index contributed by atoms with van der Waals surface area (Å²) in [6.45, 7) is 9.56. The smallest absolute Gasteiger partial charge is 0.191 e. The summed E-state index contributed by atoms with van der Waals surface area (Å²) in [5.41, 5.74) is 0.379. The van der Waals surface area contributed by atoms with Crippen molar-refractivity contribution in [1.29, 1.82) is 0 Å². The van der Waals surface area contributed by atoms with Gasteiger partial charge in [-0.2, -0.15) is 0 Å². The molecular formula is C20H38IN3O3. The van der Waals surface area contributed by atoms with Crippen molar-refractivity contribution in [1.82, 2.24) is 10.6 Å². The molecule has 7 heteroatoms. The molecule has 3 unspecified atom stereocenters. The van der Waals surface area contributed by atoms with E-state index in [2.05, 4.69) is 24.5 Å². The van der Waals surface area contributed by atoms with Crippen LogP contribution in [0.15, 0.2) is 4.99 Å². The first-order valence-corrected chi connectivity index (χ1v) is 10.6. The highest BCUT2D eigenvalue weighted by molar-refractivity contribution is 14.0. The molecular weight excluding hydrogens is 457 g/mol. The third-order valence-corrected chi connectivity index (χ3v) is 6.19. The predicted molar refractivity (Wildman–Crippen MR) is 119 cm³/mol. The Kier molecular flexibility index (Phi) is 10.1. The Balaban J connectivity index is 0.00000261. The van der Waals surface area contributed by atoms with Crippen LogP contribution < -0.4 is 10.6 Å². The fourth-order valence-electron chi connectivity index (χ4n) is 4.71. The number of nitrogens with zero attached hydrogens (tertiary/aromatic N) is 1. The third-order valence-electron chi connectivity index (χ3n) is 6.19. The highest BCUT2D eigenvalue weighted by atomic mass is 127. The maximum Gasteiger partial charge on any atom is 0.191 e. The molecule has 2 saturated carbocycles. The summed E-state index contributed by atoms with van der Waals surface area (Å²) in [5.74, 6) is 1.59. The number of aliphatic imine (C=N–C) groups is 1. The molecule has 2 aliphatic carbocycles. The van der Waals surface area contributed by atoms with Crippen LogP contribution in [0.2, 0.25) is 0 Å². The van der Waals surface area contributed by atoms with E-state index in [0.717, 1.165) is 32.1 Å². The molecule has 1 heterocycles. The van der Waals surface area contributed by atoms with Crippen LogP contribution in [0.25, 0.3) is 0 Å². The minimum atomic E-state index is 0. The normalized spacial score (nSPS) is 28.1. The van der Waals surface area contributed by atoms with Crippen LogP contribution >= 0.6 is 24.0 Å². The van der Waals surface area contributed by atoms with E-state index in [-0.39, 0.29) is 24.0 Å². The zero-order valence-corrected chi connectivity index (χ0v) is 19.3. The van der Waals surface area contributed by atoms with Gasteiger partial charge < -0.3 is 24.8 Å². The first-order valence-electron chi connectivity index (χ1n) is 10.6. The average molecular weight is 495 g/mol. The zero-order chi connectivity index (χ0) is 18.2. The fourth-order valence-corrected chi connectivity index (χ4v) is 4.71. The summed E-state index contributed by atoms with van der Waals surface area (Å²) in [6, 6.07) is 0.523. The SMILES string of the molecule is CCCCOCCOCCN=C(NCC)NC1C2CCOC2C12CCC2.I. The number of ether oxygens (including phenoxy) is 3. The molecule has 0 bridgehead atoms. The molecule has 1 saturated heterocycles. The van der Waals surface area contributed by atoms with Crippen LogP contribution in [0.3, 0.4) is 0 Å². The number of halogens is 1. The Morgan fingerprint density at radius 1 is 1.15 bits per heavy atom. The van der Waals surface area contributed by atoms with Gasteiger partial charge in [0.1, 0.15) is 0 Å². The number of rotatable bonds is 11. The van der Waals surface area contributed by atoms with Gasteiger partial charge in [0.05, 0.1) is 32.5 Å². The Morgan fingerprint density at radius 2 is 1.93 bits per heavy atom. The van der Waals surface area contributed by atoms with Gasteiger partial charge >= 0.3 is 0 Å². The summed E-state index contributed by atoms with van der Waals surface area (Å²) in [4.78, 5) is 4.71. The van der Waals surface area contributed by atoms with E-state index < -0.39 is 0 Å². The molecule has 0 aromatic rings. The molecule has 0 radical (unpaired) electrons. The molecule has 1 spiro atoms. The van der Waals surface area contributed by atoms with Crippen molar-refractivity contribution in [3.8, 4) is 0 Å². The lowest BCUT2D eigenvalue weighted by Crippen LogP contribution is -2.72. The number of guanidine groups is 1. The fraction of sp³-hybridized carbons (Fsp3) is 0.950. The Labute approximate surface area is 181 Å². The number of fused-ring (bicyclic) bond motifs is 2. The topological polar surface area (TPSA) is 64.1 Å². The van der Waals surface area contributed by atoms with Crippen LogP contribution in [0.4, 0.5) is 0 Å². The summed E-state index contributed by atoms with van der Waals surface area (Å²) in [6.07, 6.45) is 7.91. The first-order chi connectivity index (χ1) is 12.8. The summed E-state index contributed by atoms with van der Waals surface area (Å²) in [7, 11) is 0. The minimum Gasteiger partial charge on any atom is -0.379 e.